The monoisotopic (exact) mass is 459 g/mol. The van der Waals surface area contributed by atoms with Crippen molar-refractivity contribution in [2.24, 2.45) is 0 Å². The summed E-state index contributed by atoms with van der Waals surface area (Å²) in [6, 6.07) is 10.7. The van der Waals surface area contributed by atoms with E-state index in [1.165, 1.54) is 22.9 Å². The third-order valence-corrected chi connectivity index (χ3v) is 8.87. The number of amides is 1. The molecule has 0 spiro atoms. The predicted molar refractivity (Wildman–Crippen MR) is 124 cm³/mol. The van der Waals surface area contributed by atoms with E-state index in [0.29, 0.717) is 22.3 Å². The summed E-state index contributed by atoms with van der Waals surface area (Å²) >= 11 is 1.36. The molecule has 1 amide bonds. The molecule has 1 heterocycles. The third-order valence-electron chi connectivity index (χ3n) is 5.52. The Morgan fingerprint density at radius 2 is 1.74 bits per heavy atom. The Kier molecular flexibility index (Phi) is 6.68. The number of Topliss-reactive ketones (excluding diaryl/α,β-unsaturated/α-hetero) is 1. The standard InChI is InChI=1S/C23H26NO5PS/c1-3-28-30(27,29-4-2)18-10-8-17(9-11-18)24-23(26)22-20-13-16-7-5-6-15(16)12-19(20)21(25)14-31-22/h8-13,22H,3-7,14H2,1-2H3,(H,24,26)/t22-/m1/s1. The zero-order chi connectivity index (χ0) is 22.0. The fraction of sp³-hybridized carbons (Fsp3) is 0.391. The highest BCUT2D eigenvalue weighted by atomic mass is 32.2. The molecule has 4 rings (SSSR count). The Morgan fingerprint density at radius 3 is 2.39 bits per heavy atom. The molecule has 0 fully saturated rings. The second-order valence-corrected chi connectivity index (χ2v) is 10.7. The molecule has 2 aromatic rings. The summed E-state index contributed by atoms with van der Waals surface area (Å²) in [7, 11) is -3.37. The van der Waals surface area contributed by atoms with Gasteiger partial charge in [0.25, 0.3) is 0 Å². The maximum Gasteiger partial charge on any atom is 0.361 e. The lowest BCUT2D eigenvalue weighted by Crippen LogP contribution is -2.26. The number of hydrogen-bond donors (Lipinski definition) is 1. The normalized spacial score (nSPS) is 17.9. The average molecular weight is 460 g/mol. The van der Waals surface area contributed by atoms with Gasteiger partial charge in [-0.05, 0) is 80.1 Å². The topological polar surface area (TPSA) is 81.7 Å². The Bertz CT molecular complexity index is 1040. The number of ketones is 1. The van der Waals surface area contributed by atoms with Gasteiger partial charge in [-0.1, -0.05) is 6.07 Å². The minimum atomic E-state index is -3.37. The van der Waals surface area contributed by atoms with E-state index >= 15 is 0 Å². The van der Waals surface area contributed by atoms with Crippen molar-refractivity contribution in [1.29, 1.82) is 0 Å². The lowest BCUT2D eigenvalue weighted by Gasteiger charge is -2.25. The molecular weight excluding hydrogens is 433 g/mol. The zero-order valence-corrected chi connectivity index (χ0v) is 19.4. The van der Waals surface area contributed by atoms with Crippen LogP contribution in [0.3, 0.4) is 0 Å². The Hall–Kier alpha value is -1.92. The van der Waals surface area contributed by atoms with Gasteiger partial charge >= 0.3 is 7.60 Å². The van der Waals surface area contributed by atoms with E-state index in [1.807, 2.05) is 6.07 Å². The molecule has 0 radical (unpaired) electrons. The molecule has 0 bridgehead atoms. The number of fused-ring (bicyclic) bond motifs is 2. The molecule has 0 saturated carbocycles. The molecule has 2 aliphatic rings. The van der Waals surface area contributed by atoms with Gasteiger partial charge in [-0.3, -0.25) is 14.2 Å². The highest BCUT2D eigenvalue weighted by molar-refractivity contribution is 8.01. The van der Waals surface area contributed by atoms with Crippen molar-refractivity contribution in [3.63, 3.8) is 0 Å². The SMILES string of the molecule is CCOP(=O)(OCC)c1ccc(NC(=O)[C@@H]2SCC(=O)c3cc4c(cc32)CCC4)cc1. The van der Waals surface area contributed by atoms with Crippen LogP contribution in [-0.4, -0.2) is 30.7 Å². The number of hydrogen-bond acceptors (Lipinski definition) is 6. The van der Waals surface area contributed by atoms with Crippen LogP contribution in [0.15, 0.2) is 36.4 Å². The Morgan fingerprint density at radius 1 is 1.10 bits per heavy atom. The fourth-order valence-corrected chi connectivity index (χ4v) is 6.73. The van der Waals surface area contributed by atoms with Crippen LogP contribution >= 0.6 is 19.4 Å². The quantitative estimate of drug-likeness (QED) is 0.606. The van der Waals surface area contributed by atoms with Gasteiger partial charge in [0.2, 0.25) is 5.91 Å². The number of nitrogens with one attached hydrogen (secondary N) is 1. The first-order chi connectivity index (χ1) is 14.9. The molecular formula is C23H26NO5PS. The molecule has 164 valence electrons. The Labute approximate surface area is 186 Å². The van der Waals surface area contributed by atoms with Gasteiger partial charge in [-0.2, -0.15) is 0 Å². The van der Waals surface area contributed by atoms with Crippen LogP contribution in [0.25, 0.3) is 0 Å². The predicted octanol–water partition coefficient (Wildman–Crippen LogP) is 4.68. The van der Waals surface area contributed by atoms with Gasteiger partial charge in [0.1, 0.15) is 5.25 Å². The van der Waals surface area contributed by atoms with Gasteiger partial charge in [-0.15, -0.1) is 11.8 Å². The Balaban J connectivity index is 1.54. The minimum absolute atomic E-state index is 0.0886. The van der Waals surface area contributed by atoms with Crippen molar-refractivity contribution in [3.8, 4) is 0 Å². The lowest BCUT2D eigenvalue weighted by atomic mass is 9.94. The summed E-state index contributed by atoms with van der Waals surface area (Å²) in [6.07, 6.45) is 3.09. The number of carbonyl (C=O) groups excluding carboxylic acids is 2. The number of carbonyl (C=O) groups is 2. The van der Waals surface area contributed by atoms with Gasteiger partial charge in [-0.25, -0.2) is 0 Å². The number of anilines is 1. The molecule has 6 nitrogen and oxygen atoms in total. The van der Waals surface area contributed by atoms with Crippen LogP contribution in [0.1, 0.15) is 52.6 Å². The van der Waals surface area contributed by atoms with Crippen molar-refractivity contribution >= 4 is 42.0 Å². The number of aryl methyl sites for hydroxylation is 2. The van der Waals surface area contributed by atoms with E-state index in [9.17, 15) is 14.2 Å². The third kappa shape index (κ3) is 4.51. The second kappa shape index (κ2) is 9.29. The molecule has 1 N–H and O–H groups in total. The smallest absolute Gasteiger partial charge is 0.325 e. The van der Waals surface area contributed by atoms with E-state index in [0.717, 1.165) is 24.8 Å². The first-order valence-corrected chi connectivity index (χ1v) is 13.2. The van der Waals surface area contributed by atoms with E-state index in [4.69, 9.17) is 9.05 Å². The summed E-state index contributed by atoms with van der Waals surface area (Å²) in [5, 5.41) is 2.95. The highest BCUT2D eigenvalue weighted by Crippen LogP contribution is 2.47. The summed E-state index contributed by atoms with van der Waals surface area (Å²) in [6.45, 7) is 4.08. The van der Waals surface area contributed by atoms with Crippen LogP contribution < -0.4 is 10.6 Å². The van der Waals surface area contributed by atoms with E-state index in [-0.39, 0.29) is 24.9 Å². The molecule has 31 heavy (non-hydrogen) atoms. The molecule has 2 aromatic carbocycles. The van der Waals surface area contributed by atoms with Crippen molar-refractivity contribution in [2.45, 2.75) is 38.4 Å². The summed E-state index contributed by atoms with van der Waals surface area (Å²) in [5.41, 5.74) is 4.58. The van der Waals surface area contributed by atoms with E-state index < -0.39 is 12.8 Å². The zero-order valence-electron chi connectivity index (χ0n) is 17.7. The molecule has 1 atom stereocenters. The number of benzene rings is 2. The van der Waals surface area contributed by atoms with Crippen molar-refractivity contribution in [3.05, 3.63) is 58.7 Å². The van der Waals surface area contributed by atoms with Gasteiger partial charge in [0, 0.05) is 11.3 Å². The number of rotatable bonds is 7. The van der Waals surface area contributed by atoms with E-state index in [1.54, 1.807) is 38.1 Å². The number of thioether (sulfide) groups is 1. The molecule has 0 unspecified atom stereocenters. The molecule has 1 aliphatic carbocycles. The van der Waals surface area contributed by atoms with Gasteiger partial charge < -0.3 is 14.4 Å². The largest absolute Gasteiger partial charge is 0.361 e. The maximum atomic E-state index is 13.1. The highest BCUT2D eigenvalue weighted by Gasteiger charge is 2.33. The van der Waals surface area contributed by atoms with Crippen molar-refractivity contribution in [1.82, 2.24) is 0 Å². The maximum absolute atomic E-state index is 13.1. The van der Waals surface area contributed by atoms with Crippen LogP contribution in [0.5, 0.6) is 0 Å². The average Bonchev–Trinajstić information content (AvgIpc) is 3.21. The summed E-state index contributed by atoms with van der Waals surface area (Å²) in [5.74, 6) is 0.224. The summed E-state index contributed by atoms with van der Waals surface area (Å²) < 4.78 is 23.6. The van der Waals surface area contributed by atoms with Crippen LogP contribution in [0, 0.1) is 0 Å². The van der Waals surface area contributed by atoms with Crippen molar-refractivity contribution in [2.75, 3.05) is 24.3 Å². The lowest BCUT2D eigenvalue weighted by molar-refractivity contribution is -0.115. The van der Waals surface area contributed by atoms with E-state index in [2.05, 4.69) is 11.4 Å². The second-order valence-electron chi connectivity index (χ2n) is 7.55. The van der Waals surface area contributed by atoms with Crippen LogP contribution in [-0.2, 0) is 31.2 Å². The minimum Gasteiger partial charge on any atom is -0.325 e. The summed E-state index contributed by atoms with van der Waals surface area (Å²) in [4.78, 5) is 25.5. The first-order valence-electron chi connectivity index (χ1n) is 10.6. The van der Waals surface area contributed by atoms with Crippen LogP contribution in [0.4, 0.5) is 5.69 Å². The first kappa shape index (κ1) is 22.3. The molecule has 0 aromatic heterocycles. The fourth-order valence-electron chi connectivity index (χ4n) is 4.11. The van der Waals surface area contributed by atoms with Crippen molar-refractivity contribution < 1.29 is 23.2 Å². The molecule has 8 heteroatoms. The van der Waals surface area contributed by atoms with Gasteiger partial charge in [0.15, 0.2) is 5.78 Å². The molecule has 1 aliphatic heterocycles. The molecule has 0 saturated heterocycles. The van der Waals surface area contributed by atoms with Gasteiger partial charge in [0.05, 0.1) is 24.3 Å². The van der Waals surface area contributed by atoms with Crippen LogP contribution in [0.2, 0.25) is 0 Å².